The zero-order valence-electron chi connectivity index (χ0n) is 14.9. The molecule has 0 aromatic heterocycles. The Labute approximate surface area is 149 Å². The van der Waals surface area contributed by atoms with Crippen molar-refractivity contribution in [3.05, 3.63) is 59.7 Å². The summed E-state index contributed by atoms with van der Waals surface area (Å²) in [5, 5.41) is 9.52. The van der Waals surface area contributed by atoms with E-state index in [2.05, 4.69) is 24.8 Å². The predicted molar refractivity (Wildman–Crippen MR) is 97.2 cm³/mol. The molecule has 0 saturated heterocycles. The van der Waals surface area contributed by atoms with Crippen LogP contribution in [0.2, 0.25) is 0 Å². The third-order valence-corrected chi connectivity index (χ3v) is 6.15. The Bertz CT molecular complexity index is 642. The van der Waals surface area contributed by atoms with Crippen LogP contribution in [0.15, 0.2) is 36.9 Å². The molecule has 0 spiro atoms. The number of aliphatic hydroxyl groups is 1. The van der Waals surface area contributed by atoms with Gasteiger partial charge in [-0.05, 0) is 68.8 Å². The van der Waals surface area contributed by atoms with Gasteiger partial charge in [-0.15, -0.1) is 6.58 Å². The van der Waals surface area contributed by atoms with E-state index in [1.165, 1.54) is 38.7 Å². The minimum Gasteiger partial charge on any atom is -0.389 e. The van der Waals surface area contributed by atoms with Crippen molar-refractivity contribution >= 4 is 0 Å². The number of rotatable bonds is 4. The van der Waals surface area contributed by atoms with E-state index < -0.39 is 17.7 Å². The van der Waals surface area contributed by atoms with Gasteiger partial charge in [0.2, 0.25) is 0 Å². The molecule has 1 fully saturated rings. The van der Waals surface area contributed by atoms with Crippen LogP contribution in [0.25, 0.3) is 0 Å². The number of hydrogen-bond acceptors (Lipinski definition) is 1. The number of halogens is 2. The van der Waals surface area contributed by atoms with Gasteiger partial charge in [0.1, 0.15) is 0 Å². The fraction of sp³-hybridized carbons (Fsp3) is 0.545. The van der Waals surface area contributed by atoms with E-state index in [-0.39, 0.29) is 11.5 Å². The SMILES string of the molecule is C=CC1CCC(C2C=CC(c3ccc(C(C)O)c(F)c3F)CC2)CC1. The van der Waals surface area contributed by atoms with Gasteiger partial charge in [0.05, 0.1) is 6.10 Å². The van der Waals surface area contributed by atoms with Crippen molar-refractivity contribution in [1.29, 1.82) is 0 Å². The third-order valence-electron chi connectivity index (χ3n) is 6.15. The zero-order valence-corrected chi connectivity index (χ0v) is 14.9. The summed E-state index contributed by atoms with van der Waals surface area (Å²) in [7, 11) is 0. The molecule has 3 atom stereocenters. The summed E-state index contributed by atoms with van der Waals surface area (Å²) in [6, 6.07) is 3.14. The van der Waals surface area contributed by atoms with E-state index in [1.54, 1.807) is 6.07 Å². The maximum atomic E-state index is 14.4. The Morgan fingerprint density at radius 2 is 1.76 bits per heavy atom. The van der Waals surface area contributed by atoms with Crippen LogP contribution in [0.5, 0.6) is 0 Å². The maximum absolute atomic E-state index is 14.4. The fourth-order valence-corrected chi connectivity index (χ4v) is 4.49. The lowest BCUT2D eigenvalue weighted by Gasteiger charge is -2.34. The molecule has 2 aliphatic carbocycles. The highest BCUT2D eigenvalue weighted by Crippen LogP contribution is 2.41. The molecular weight excluding hydrogens is 318 g/mol. The largest absolute Gasteiger partial charge is 0.389 e. The molecule has 25 heavy (non-hydrogen) atoms. The first kappa shape index (κ1) is 18.3. The zero-order chi connectivity index (χ0) is 18.0. The average Bonchev–Trinajstić information content (AvgIpc) is 2.64. The molecular formula is C22H28F2O. The summed E-state index contributed by atoms with van der Waals surface area (Å²) in [6.45, 7) is 5.35. The van der Waals surface area contributed by atoms with Crippen LogP contribution in [0, 0.1) is 29.4 Å². The second-order valence-corrected chi connectivity index (χ2v) is 7.69. The van der Waals surface area contributed by atoms with Gasteiger partial charge in [-0.3, -0.25) is 0 Å². The number of hydrogen-bond donors (Lipinski definition) is 1. The lowest BCUT2D eigenvalue weighted by Crippen LogP contribution is -2.22. The Kier molecular flexibility index (Phi) is 5.73. The molecule has 1 saturated carbocycles. The highest BCUT2D eigenvalue weighted by molar-refractivity contribution is 5.33. The van der Waals surface area contributed by atoms with Gasteiger partial charge in [-0.25, -0.2) is 8.78 Å². The lowest BCUT2D eigenvalue weighted by atomic mass is 9.71. The van der Waals surface area contributed by atoms with Crippen LogP contribution in [0.3, 0.4) is 0 Å². The summed E-state index contributed by atoms with van der Waals surface area (Å²) >= 11 is 0. The standard InChI is InChI=1S/C22H28F2O/c1-3-15-4-6-16(7-5-15)17-8-10-18(11-9-17)20-13-12-19(14(2)25)21(23)22(20)24/h3,8,10,12-18,25H,1,4-7,9,11H2,2H3. The van der Waals surface area contributed by atoms with Crippen molar-refractivity contribution in [1.82, 2.24) is 0 Å². The molecule has 0 bridgehead atoms. The van der Waals surface area contributed by atoms with E-state index in [9.17, 15) is 13.9 Å². The van der Waals surface area contributed by atoms with E-state index >= 15 is 0 Å². The minimum atomic E-state index is -1.000. The van der Waals surface area contributed by atoms with Crippen molar-refractivity contribution < 1.29 is 13.9 Å². The third kappa shape index (κ3) is 3.87. The Hall–Kier alpha value is -1.48. The Morgan fingerprint density at radius 3 is 2.32 bits per heavy atom. The smallest absolute Gasteiger partial charge is 0.164 e. The number of benzene rings is 1. The van der Waals surface area contributed by atoms with Gasteiger partial charge < -0.3 is 5.11 Å². The molecule has 136 valence electrons. The molecule has 1 nitrogen and oxygen atoms in total. The maximum Gasteiger partial charge on any atom is 0.164 e. The molecule has 0 radical (unpaired) electrons. The molecule has 3 unspecified atom stereocenters. The summed E-state index contributed by atoms with van der Waals surface area (Å²) in [6.07, 6.45) is 12.2. The van der Waals surface area contributed by atoms with Gasteiger partial charge in [-0.1, -0.05) is 30.4 Å². The Morgan fingerprint density at radius 1 is 1.04 bits per heavy atom. The van der Waals surface area contributed by atoms with Crippen molar-refractivity contribution in [2.75, 3.05) is 0 Å². The average molecular weight is 346 g/mol. The van der Waals surface area contributed by atoms with Crippen molar-refractivity contribution in [2.45, 2.75) is 57.5 Å². The monoisotopic (exact) mass is 346 g/mol. The van der Waals surface area contributed by atoms with Crippen LogP contribution >= 0.6 is 0 Å². The van der Waals surface area contributed by atoms with Crippen molar-refractivity contribution in [3.63, 3.8) is 0 Å². The molecule has 0 aliphatic heterocycles. The van der Waals surface area contributed by atoms with E-state index in [1.807, 2.05) is 0 Å². The summed E-state index contributed by atoms with van der Waals surface area (Å²) in [5.41, 5.74) is 0.435. The van der Waals surface area contributed by atoms with Crippen molar-refractivity contribution in [2.24, 2.45) is 17.8 Å². The minimum absolute atomic E-state index is 0.0258. The highest BCUT2D eigenvalue weighted by atomic mass is 19.2. The van der Waals surface area contributed by atoms with Crippen LogP contribution in [0.4, 0.5) is 8.78 Å². The molecule has 1 N–H and O–H groups in total. The predicted octanol–water partition coefficient (Wildman–Crippen LogP) is 6.06. The topological polar surface area (TPSA) is 20.2 Å². The molecule has 0 heterocycles. The summed E-state index contributed by atoms with van der Waals surface area (Å²) < 4.78 is 28.5. The first-order chi connectivity index (χ1) is 12.0. The van der Waals surface area contributed by atoms with Crippen LogP contribution in [-0.2, 0) is 0 Å². The number of aliphatic hydroxyl groups excluding tert-OH is 1. The van der Waals surface area contributed by atoms with Crippen LogP contribution in [-0.4, -0.2) is 5.11 Å². The van der Waals surface area contributed by atoms with Crippen LogP contribution < -0.4 is 0 Å². The molecule has 1 aromatic rings. The number of allylic oxidation sites excluding steroid dienone is 3. The molecule has 0 amide bonds. The fourth-order valence-electron chi connectivity index (χ4n) is 4.49. The van der Waals surface area contributed by atoms with Gasteiger partial charge >= 0.3 is 0 Å². The first-order valence-corrected chi connectivity index (χ1v) is 9.48. The second kappa shape index (κ2) is 7.82. The summed E-state index contributed by atoms with van der Waals surface area (Å²) in [4.78, 5) is 0. The van der Waals surface area contributed by atoms with Gasteiger partial charge in [0.25, 0.3) is 0 Å². The molecule has 3 heteroatoms. The Balaban J connectivity index is 1.69. The first-order valence-electron chi connectivity index (χ1n) is 9.48. The molecule has 2 aliphatic rings. The van der Waals surface area contributed by atoms with Gasteiger partial charge in [0.15, 0.2) is 11.6 Å². The van der Waals surface area contributed by atoms with Crippen LogP contribution in [0.1, 0.15) is 68.6 Å². The molecule has 1 aromatic carbocycles. The van der Waals surface area contributed by atoms with E-state index in [0.29, 0.717) is 23.3 Å². The van der Waals surface area contributed by atoms with Gasteiger partial charge in [0, 0.05) is 11.5 Å². The highest BCUT2D eigenvalue weighted by Gasteiger charge is 2.29. The quantitative estimate of drug-likeness (QED) is 0.657. The molecule has 3 rings (SSSR count). The van der Waals surface area contributed by atoms with E-state index in [0.717, 1.165) is 12.8 Å². The second-order valence-electron chi connectivity index (χ2n) is 7.69. The lowest BCUT2D eigenvalue weighted by molar-refractivity contribution is 0.192. The summed E-state index contributed by atoms with van der Waals surface area (Å²) in [5.74, 6) is 0.155. The normalized spacial score (nSPS) is 30.9. The van der Waals surface area contributed by atoms with Gasteiger partial charge in [-0.2, -0.15) is 0 Å². The van der Waals surface area contributed by atoms with E-state index in [4.69, 9.17) is 0 Å². The van der Waals surface area contributed by atoms with Crippen molar-refractivity contribution in [3.8, 4) is 0 Å².